The van der Waals surface area contributed by atoms with Crippen LogP contribution in [0.3, 0.4) is 0 Å². The minimum absolute atomic E-state index is 0.158. The SMILES string of the molecule is CC(C)c1cc(C(=O)N2CC[C@](O)(c3cn(C(C)C)nn3)C2)nn1C. The zero-order valence-corrected chi connectivity index (χ0v) is 15.5. The highest BCUT2D eigenvalue weighted by molar-refractivity contribution is 5.92. The predicted octanol–water partition coefficient (Wildman–Crippen LogP) is 1.45. The molecule has 25 heavy (non-hydrogen) atoms. The van der Waals surface area contributed by atoms with E-state index in [1.54, 1.807) is 20.5 Å². The van der Waals surface area contributed by atoms with E-state index in [9.17, 15) is 9.90 Å². The van der Waals surface area contributed by atoms with Crippen LogP contribution in [0, 0.1) is 0 Å². The van der Waals surface area contributed by atoms with E-state index in [0.29, 0.717) is 30.3 Å². The first-order valence-corrected chi connectivity index (χ1v) is 8.69. The summed E-state index contributed by atoms with van der Waals surface area (Å²) in [6, 6.07) is 2.01. The summed E-state index contributed by atoms with van der Waals surface area (Å²) in [6.07, 6.45) is 2.20. The Morgan fingerprint density at radius 1 is 1.32 bits per heavy atom. The molecule has 0 radical (unpaired) electrons. The maximum absolute atomic E-state index is 12.8. The first-order valence-electron chi connectivity index (χ1n) is 8.69. The van der Waals surface area contributed by atoms with E-state index in [1.807, 2.05) is 27.0 Å². The molecule has 8 nitrogen and oxygen atoms in total. The lowest BCUT2D eigenvalue weighted by atomic mass is 10.00. The summed E-state index contributed by atoms with van der Waals surface area (Å²) in [4.78, 5) is 14.4. The van der Waals surface area contributed by atoms with Gasteiger partial charge >= 0.3 is 0 Å². The lowest BCUT2D eigenvalue weighted by Gasteiger charge is -2.20. The minimum Gasteiger partial charge on any atom is -0.381 e. The second-order valence-electron chi connectivity index (χ2n) is 7.42. The average molecular weight is 346 g/mol. The summed E-state index contributed by atoms with van der Waals surface area (Å²) in [5, 5.41) is 23.4. The van der Waals surface area contributed by atoms with Gasteiger partial charge in [0, 0.05) is 31.7 Å². The molecular weight excluding hydrogens is 320 g/mol. The van der Waals surface area contributed by atoms with E-state index in [1.165, 1.54) is 0 Å². The van der Waals surface area contributed by atoms with Crippen LogP contribution in [0.2, 0.25) is 0 Å². The van der Waals surface area contributed by atoms with E-state index in [0.717, 1.165) is 5.69 Å². The van der Waals surface area contributed by atoms with Crippen LogP contribution in [0.25, 0.3) is 0 Å². The highest BCUT2D eigenvalue weighted by atomic mass is 16.3. The van der Waals surface area contributed by atoms with E-state index in [4.69, 9.17) is 0 Å². The van der Waals surface area contributed by atoms with Crippen molar-refractivity contribution in [2.45, 2.75) is 51.7 Å². The third kappa shape index (κ3) is 3.18. The number of hydrogen-bond donors (Lipinski definition) is 1. The average Bonchev–Trinajstić information content (AvgIpc) is 3.24. The van der Waals surface area contributed by atoms with Crippen molar-refractivity contribution in [3.8, 4) is 0 Å². The van der Waals surface area contributed by atoms with E-state index >= 15 is 0 Å². The van der Waals surface area contributed by atoms with Gasteiger partial charge in [0.05, 0.1) is 12.7 Å². The zero-order valence-electron chi connectivity index (χ0n) is 15.5. The number of aryl methyl sites for hydroxylation is 1. The smallest absolute Gasteiger partial charge is 0.274 e. The third-order valence-electron chi connectivity index (χ3n) is 4.78. The van der Waals surface area contributed by atoms with E-state index in [2.05, 4.69) is 29.3 Å². The standard InChI is InChI=1S/C17H26N6O2/c1-11(2)14-8-13(19-21(14)5)16(24)22-7-6-17(25,10-22)15-9-23(12(3)4)20-18-15/h8-9,11-12,25H,6-7,10H2,1-5H3/t17-/m1/s1. The molecule has 0 aliphatic carbocycles. The van der Waals surface area contributed by atoms with Crippen molar-refractivity contribution in [3.63, 3.8) is 0 Å². The fraction of sp³-hybridized carbons (Fsp3) is 0.647. The summed E-state index contributed by atoms with van der Waals surface area (Å²) >= 11 is 0. The lowest BCUT2D eigenvalue weighted by molar-refractivity contribution is 0.0380. The number of amides is 1. The number of aromatic nitrogens is 5. The van der Waals surface area contributed by atoms with Gasteiger partial charge in [-0.25, -0.2) is 4.68 Å². The molecule has 1 amide bonds. The van der Waals surface area contributed by atoms with Crippen LogP contribution >= 0.6 is 0 Å². The molecule has 1 aliphatic rings. The van der Waals surface area contributed by atoms with Crippen molar-refractivity contribution < 1.29 is 9.90 Å². The Labute approximate surface area is 147 Å². The van der Waals surface area contributed by atoms with Gasteiger partial charge in [-0.3, -0.25) is 9.48 Å². The Morgan fingerprint density at radius 3 is 2.60 bits per heavy atom. The number of aliphatic hydroxyl groups is 1. The molecule has 0 aromatic carbocycles. The molecule has 1 atom stereocenters. The normalized spacial score (nSPS) is 20.9. The lowest BCUT2D eigenvalue weighted by Crippen LogP contribution is -2.35. The summed E-state index contributed by atoms with van der Waals surface area (Å²) in [5.74, 6) is 0.135. The van der Waals surface area contributed by atoms with Gasteiger partial charge in [0.25, 0.3) is 5.91 Å². The van der Waals surface area contributed by atoms with Gasteiger partial charge in [-0.2, -0.15) is 5.10 Å². The van der Waals surface area contributed by atoms with E-state index < -0.39 is 5.60 Å². The highest BCUT2D eigenvalue weighted by Crippen LogP contribution is 2.31. The number of hydrogen-bond acceptors (Lipinski definition) is 5. The Balaban J connectivity index is 1.77. The van der Waals surface area contributed by atoms with Gasteiger partial charge in [0.1, 0.15) is 11.3 Å². The van der Waals surface area contributed by atoms with Crippen molar-refractivity contribution in [1.82, 2.24) is 29.7 Å². The molecule has 0 unspecified atom stereocenters. The number of nitrogens with zero attached hydrogens (tertiary/aromatic N) is 6. The van der Waals surface area contributed by atoms with Crippen LogP contribution in [0.15, 0.2) is 12.3 Å². The number of β-amino-alcohol motifs (C(OH)–C–C–N with tert-alkyl or cyclic N) is 1. The van der Waals surface area contributed by atoms with Crippen LogP contribution in [0.5, 0.6) is 0 Å². The van der Waals surface area contributed by atoms with Crippen LogP contribution in [-0.4, -0.2) is 53.8 Å². The molecule has 8 heteroatoms. The molecule has 1 fully saturated rings. The van der Waals surface area contributed by atoms with Crippen LogP contribution in [0.4, 0.5) is 0 Å². The molecule has 1 aliphatic heterocycles. The van der Waals surface area contributed by atoms with Crippen molar-refractivity contribution >= 4 is 5.91 Å². The fourth-order valence-electron chi connectivity index (χ4n) is 3.21. The number of rotatable bonds is 4. The molecular formula is C17H26N6O2. The molecule has 1 saturated heterocycles. The molecule has 3 rings (SSSR count). The second-order valence-corrected chi connectivity index (χ2v) is 7.42. The summed E-state index contributed by atoms with van der Waals surface area (Å²) < 4.78 is 3.46. The van der Waals surface area contributed by atoms with Gasteiger partial charge in [0.15, 0.2) is 5.69 Å². The fourth-order valence-corrected chi connectivity index (χ4v) is 3.21. The zero-order chi connectivity index (χ0) is 18.4. The topological polar surface area (TPSA) is 89.1 Å². The molecule has 2 aromatic rings. The highest BCUT2D eigenvalue weighted by Gasteiger charge is 2.42. The van der Waals surface area contributed by atoms with Crippen LogP contribution in [-0.2, 0) is 12.6 Å². The van der Waals surface area contributed by atoms with Gasteiger partial charge in [-0.15, -0.1) is 5.10 Å². The van der Waals surface area contributed by atoms with Gasteiger partial charge in [-0.05, 0) is 25.8 Å². The first-order chi connectivity index (χ1) is 11.7. The monoisotopic (exact) mass is 346 g/mol. The van der Waals surface area contributed by atoms with Crippen molar-refractivity contribution in [2.24, 2.45) is 7.05 Å². The van der Waals surface area contributed by atoms with Gasteiger partial charge in [0.2, 0.25) is 0 Å². The summed E-state index contributed by atoms with van der Waals surface area (Å²) in [6.45, 7) is 8.81. The van der Waals surface area contributed by atoms with Crippen LogP contribution < -0.4 is 0 Å². The van der Waals surface area contributed by atoms with Gasteiger partial charge < -0.3 is 10.0 Å². The Hall–Kier alpha value is -2.22. The maximum atomic E-state index is 12.8. The van der Waals surface area contributed by atoms with Crippen molar-refractivity contribution in [3.05, 3.63) is 29.3 Å². The molecule has 3 heterocycles. The molecule has 2 aromatic heterocycles. The first kappa shape index (κ1) is 17.6. The quantitative estimate of drug-likeness (QED) is 0.905. The van der Waals surface area contributed by atoms with E-state index in [-0.39, 0.29) is 18.5 Å². The second kappa shape index (κ2) is 6.25. The molecule has 0 spiro atoms. The molecule has 0 saturated carbocycles. The minimum atomic E-state index is -1.15. The molecule has 1 N–H and O–H groups in total. The van der Waals surface area contributed by atoms with Crippen molar-refractivity contribution in [2.75, 3.05) is 13.1 Å². The summed E-state index contributed by atoms with van der Waals surface area (Å²) in [5.41, 5.74) is 0.790. The third-order valence-corrected chi connectivity index (χ3v) is 4.78. The Bertz CT molecular complexity index is 778. The Kier molecular flexibility index (Phi) is 4.40. The van der Waals surface area contributed by atoms with Gasteiger partial charge in [-0.1, -0.05) is 19.1 Å². The largest absolute Gasteiger partial charge is 0.381 e. The maximum Gasteiger partial charge on any atom is 0.274 e. The number of carbonyl (C=O) groups is 1. The Morgan fingerprint density at radius 2 is 2.04 bits per heavy atom. The number of likely N-dealkylation sites (tertiary alicyclic amines) is 1. The van der Waals surface area contributed by atoms with Crippen LogP contribution in [0.1, 0.15) is 68.0 Å². The predicted molar refractivity (Wildman–Crippen MR) is 92.1 cm³/mol. The summed E-state index contributed by atoms with van der Waals surface area (Å²) in [7, 11) is 1.84. The number of carbonyl (C=O) groups excluding carboxylic acids is 1. The molecule has 136 valence electrons. The molecule has 0 bridgehead atoms. The van der Waals surface area contributed by atoms with Crippen molar-refractivity contribution in [1.29, 1.82) is 0 Å².